The number of fused-ring (bicyclic) bond motifs is 1. The molecule has 2 heterocycles. The van der Waals surface area contributed by atoms with Gasteiger partial charge in [0, 0.05) is 18.2 Å². The number of pyridine rings is 1. The number of amides is 1. The minimum absolute atomic E-state index is 0.00158. The van der Waals surface area contributed by atoms with Crippen molar-refractivity contribution in [2.24, 2.45) is 0 Å². The molecule has 1 aliphatic rings. The molecule has 1 N–H and O–H groups in total. The number of ether oxygens (including phenoxy) is 2. The highest BCUT2D eigenvalue weighted by Crippen LogP contribution is 2.38. The van der Waals surface area contributed by atoms with Gasteiger partial charge in [-0.15, -0.1) is 0 Å². The topological polar surface area (TPSA) is 88.7 Å². The summed E-state index contributed by atoms with van der Waals surface area (Å²) in [6, 6.07) is 7.95. The van der Waals surface area contributed by atoms with Gasteiger partial charge in [-0.1, -0.05) is 6.07 Å². The van der Waals surface area contributed by atoms with Gasteiger partial charge in [0.15, 0.2) is 0 Å². The van der Waals surface area contributed by atoms with Crippen LogP contribution >= 0.6 is 0 Å². The van der Waals surface area contributed by atoms with E-state index in [0.717, 1.165) is 5.56 Å². The Bertz CT molecular complexity index is 1270. The van der Waals surface area contributed by atoms with Gasteiger partial charge in [0.2, 0.25) is 0 Å². The Morgan fingerprint density at radius 1 is 1.33 bits per heavy atom. The van der Waals surface area contributed by atoms with E-state index >= 15 is 0 Å². The van der Waals surface area contributed by atoms with Crippen molar-refractivity contribution < 1.29 is 27.4 Å². The van der Waals surface area contributed by atoms with Crippen molar-refractivity contribution in [3.63, 3.8) is 0 Å². The summed E-state index contributed by atoms with van der Waals surface area (Å²) >= 11 is 0. The van der Waals surface area contributed by atoms with E-state index in [2.05, 4.69) is 21.2 Å². The molecule has 2 aromatic heterocycles. The molecule has 0 spiro atoms. The van der Waals surface area contributed by atoms with E-state index in [-0.39, 0.29) is 17.7 Å². The van der Waals surface area contributed by atoms with Gasteiger partial charge in [-0.05, 0) is 43.2 Å². The highest BCUT2D eigenvalue weighted by molar-refractivity contribution is 6.01. The van der Waals surface area contributed by atoms with Gasteiger partial charge >= 0.3 is 6.61 Å². The number of rotatable bonds is 7. The van der Waals surface area contributed by atoms with Crippen LogP contribution in [-0.2, 0) is 5.41 Å². The van der Waals surface area contributed by atoms with Crippen molar-refractivity contribution in [1.82, 2.24) is 14.9 Å². The standard InChI is InChI=1S/C23H21F3N4O3/c1-23(2,11-27)13-4-5-17-14(9-28-30(17)10-13)12-6-18(32-3)20(19(7-12)33-22(25)26)21(31)29-16-8-15(16)24/h4-7,9-10,15-16,22H,8H2,1-3H3,(H,29,31)/t15-,16+/m0/s1. The fourth-order valence-corrected chi connectivity index (χ4v) is 3.51. The average molecular weight is 458 g/mol. The maximum Gasteiger partial charge on any atom is 0.387 e. The number of halogens is 3. The molecular weight excluding hydrogens is 437 g/mol. The Kier molecular flexibility index (Phi) is 5.66. The number of benzene rings is 1. The molecule has 33 heavy (non-hydrogen) atoms. The number of carbonyl (C=O) groups is 1. The van der Waals surface area contributed by atoms with Gasteiger partial charge in [-0.25, -0.2) is 8.91 Å². The van der Waals surface area contributed by atoms with Crippen molar-refractivity contribution in [3.05, 3.63) is 47.8 Å². The molecule has 10 heteroatoms. The van der Waals surface area contributed by atoms with Crippen molar-refractivity contribution >= 4 is 11.4 Å². The van der Waals surface area contributed by atoms with Gasteiger partial charge in [0.05, 0.1) is 36.3 Å². The maximum atomic E-state index is 13.2. The normalized spacial score (nSPS) is 17.6. The number of aromatic nitrogens is 2. The molecule has 0 unspecified atom stereocenters. The van der Waals surface area contributed by atoms with Crippen LogP contribution in [-0.4, -0.2) is 41.5 Å². The van der Waals surface area contributed by atoms with Gasteiger partial charge in [-0.3, -0.25) is 4.79 Å². The number of carbonyl (C=O) groups excluding carboxylic acids is 1. The van der Waals surface area contributed by atoms with Gasteiger partial charge < -0.3 is 14.8 Å². The highest BCUT2D eigenvalue weighted by atomic mass is 19.3. The van der Waals surface area contributed by atoms with Gasteiger partial charge in [0.25, 0.3) is 5.91 Å². The summed E-state index contributed by atoms with van der Waals surface area (Å²) < 4.78 is 51.1. The second-order valence-corrected chi connectivity index (χ2v) is 8.30. The summed E-state index contributed by atoms with van der Waals surface area (Å²) in [4.78, 5) is 12.7. The van der Waals surface area contributed by atoms with E-state index in [1.165, 1.54) is 25.4 Å². The Morgan fingerprint density at radius 3 is 2.64 bits per heavy atom. The summed E-state index contributed by atoms with van der Waals surface area (Å²) in [6.07, 6.45) is 2.27. The van der Waals surface area contributed by atoms with Crippen molar-refractivity contribution in [1.29, 1.82) is 5.26 Å². The fourth-order valence-electron chi connectivity index (χ4n) is 3.51. The quantitative estimate of drug-likeness (QED) is 0.572. The zero-order valence-corrected chi connectivity index (χ0v) is 18.1. The lowest BCUT2D eigenvalue weighted by molar-refractivity contribution is -0.0502. The van der Waals surface area contributed by atoms with Gasteiger partial charge in [0.1, 0.15) is 23.2 Å². The number of nitrogens with one attached hydrogen (secondary N) is 1. The Labute approximate surface area is 187 Å². The number of methoxy groups -OCH3 is 1. The van der Waals surface area contributed by atoms with Crippen LogP contribution in [0.3, 0.4) is 0 Å². The molecule has 172 valence electrons. The van der Waals surface area contributed by atoms with Crippen LogP contribution < -0.4 is 14.8 Å². The first-order chi connectivity index (χ1) is 15.6. The molecule has 2 atom stereocenters. The lowest BCUT2D eigenvalue weighted by Crippen LogP contribution is -2.28. The lowest BCUT2D eigenvalue weighted by atomic mass is 9.87. The summed E-state index contributed by atoms with van der Waals surface area (Å²) in [5, 5.41) is 16.2. The number of nitriles is 1. The van der Waals surface area contributed by atoms with E-state index in [0.29, 0.717) is 16.6 Å². The molecule has 0 aliphatic heterocycles. The Hall–Kier alpha value is -3.74. The molecule has 1 aliphatic carbocycles. The van der Waals surface area contributed by atoms with Crippen LogP contribution in [0, 0.1) is 11.3 Å². The zero-order chi connectivity index (χ0) is 23.9. The van der Waals surface area contributed by atoms with E-state index in [1.807, 2.05) is 0 Å². The first-order valence-electron chi connectivity index (χ1n) is 10.2. The van der Waals surface area contributed by atoms with Crippen LogP contribution in [0.25, 0.3) is 16.6 Å². The average Bonchev–Trinajstić information content (AvgIpc) is 3.30. The van der Waals surface area contributed by atoms with E-state index in [1.54, 1.807) is 36.7 Å². The largest absolute Gasteiger partial charge is 0.496 e. The predicted molar refractivity (Wildman–Crippen MR) is 113 cm³/mol. The third kappa shape index (κ3) is 4.31. The summed E-state index contributed by atoms with van der Waals surface area (Å²) in [5.74, 6) is -1.16. The molecule has 4 rings (SSSR count). The number of alkyl halides is 3. The number of hydrogen-bond donors (Lipinski definition) is 1. The first kappa shape index (κ1) is 22.5. The molecule has 7 nitrogen and oxygen atoms in total. The third-order valence-electron chi connectivity index (χ3n) is 5.59. The summed E-state index contributed by atoms with van der Waals surface area (Å²) in [7, 11) is 1.30. The lowest BCUT2D eigenvalue weighted by Gasteiger charge is -2.17. The Morgan fingerprint density at radius 2 is 2.03 bits per heavy atom. The number of nitrogens with zero attached hydrogens (tertiary/aromatic N) is 3. The molecule has 1 aromatic carbocycles. The predicted octanol–water partition coefficient (Wildman–Crippen LogP) is 4.25. The van der Waals surface area contributed by atoms with Crippen molar-refractivity contribution in [3.8, 4) is 28.7 Å². The molecule has 0 saturated heterocycles. The summed E-state index contributed by atoms with van der Waals surface area (Å²) in [5.41, 5.74) is 1.44. The molecular formula is C23H21F3N4O3. The maximum absolute atomic E-state index is 13.2. The van der Waals surface area contributed by atoms with Crippen LogP contribution in [0.2, 0.25) is 0 Å². The molecule has 3 aromatic rings. The minimum Gasteiger partial charge on any atom is -0.496 e. The van der Waals surface area contributed by atoms with Crippen LogP contribution in [0.5, 0.6) is 11.5 Å². The van der Waals surface area contributed by atoms with E-state index in [4.69, 9.17) is 4.74 Å². The number of hydrogen-bond acceptors (Lipinski definition) is 5. The van der Waals surface area contributed by atoms with Crippen molar-refractivity contribution in [2.45, 2.75) is 44.5 Å². The summed E-state index contributed by atoms with van der Waals surface area (Å²) in [6.45, 7) is 0.382. The van der Waals surface area contributed by atoms with Crippen molar-refractivity contribution in [2.75, 3.05) is 7.11 Å². The molecule has 0 bridgehead atoms. The van der Waals surface area contributed by atoms with Crippen LogP contribution in [0.15, 0.2) is 36.7 Å². The monoisotopic (exact) mass is 458 g/mol. The molecule has 1 fully saturated rings. The molecule has 0 radical (unpaired) electrons. The second-order valence-electron chi connectivity index (χ2n) is 8.30. The van der Waals surface area contributed by atoms with Gasteiger partial charge in [-0.2, -0.15) is 19.1 Å². The smallest absolute Gasteiger partial charge is 0.387 e. The van der Waals surface area contributed by atoms with Crippen LogP contribution in [0.1, 0.15) is 36.2 Å². The third-order valence-corrected chi connectivity index (χ3v) is 5.59. The van der Waals surface area contributed by atoms with E-state index in [9.17, 15) is 23.2 Å². The second kappa shape index (κ2) is 8.31. The Balaban J connectivity index is 1.80. The minimum atomic E-state index is -3.19. The highest BCUT2D eigenvalue weighted by Gasteiger charge is 2.40. The molecule has 1 amide bonds. The van der Waals surface area contributed by atoms with Crippen LogP contribution in [0.4, 0.5) is 13.2 Å². The fraction of sp³-hybridized carbons (Fsp3) is 0.348. The molecule has 1 saturated carbocycles. The SMILES string of the molecule is COc1cc(-c2cnn3cc(C(C)(C)C#N)ccc23)cc(OC(F)F)c1C(=O)N[C@@H]1C[C@@H]1F. The first-order valence-corrected chi connectivity index (χ1v) is 10.2. The zero-order valence-electron chi connectivity index (χ0n) is 18.1. The van der Waals surface area contributed by atoms with E-state index < -0.39 is 35.9 Å².